The molecule has 2 aliphatic rings. The van der Waals surface area contributed by atoms with Crippen LogP contribution in [0.4, 0.5) is 0 Å². The molecule has 0 unspecified atom stereocenters. The summed E-state index contributed by atoms with van der Waals surface area (Å²) in [4.78, 5) is 21.1. The number of H-pyrrole nitrogens is 1. The van der Waals surface area contributed by atoms with Gasteiger partial charge in [-0.05, 0) is 42.0 Å². The molecule has 2 aromatic carbocycles. The molecular weight excluding hydrogens is 312 g/mol. The Balaban J connectivity index is 1.62. The summed E-state index contributed by atoms with van der Waals surface area (Å²) in [7, 11) is 0. The highest BCUT2D eigenvalue weighted by atomic mass is 16.6. The highest BCUT2D eigenvalue weighted by molar-refractivity contribution is 6.09. The average molecular weight is 332 g/mol. The van der Waals surface area contributed by atoms with Crippen LogP contribution >= 0.6 is 0 Å². The number of hydroxylamine groups is 1. The van der Waals surface area contributed by atoms with Crippen molar-refractivity contribution in [3.8, 4) is 11.3 Å². The lowest BCUT2D eigenvalue weighted by Crippen LogP contribution is -2.21. The lowest BCUT2D eigenvalue weighted by molar-refractivity contribution is 0.0256. The summed E-state index contributed by atoms with van der Waals surface area (Å²) >= 11 is 0. The molecule has 1 aromatic heterocycles. The first-order chi connectivity index (χ1) is 12.3. The Kier molecular flexibility index (Phi) is 3.38. The smallest absolute Gasteiger partial charge is 0.275 e. The van der Waals surface area contributed by atoms with Crippen LogP contribution in [0, 0.1) is 0 Å². The number of rotatable bonds is 2. The second-order valence-electron chi connectivity index (χ2n) is 7.03. The first kappa shape index (κ1) is 14.7. The molecule has 2 heterocycles. The lowest BCUT2D eigenvalue weighted by Gasteiger charge is -2.10. The molecule has 3 aromatic rings. The molecule has 0 bridgehead atoms. The van der Waals surface area contributed by atoms with Gasteiger partial charge in [-0.2, -0.15) is 0 Å². The lowest BCUT2D eigenvalue weighted by atomic mass is 9.95. The Morgan fingerprint density at radius 2 is 1.80 bits per heavy atom. The molecule has 0 atom stereocenters. The minimum Gasteiger partial charge on any atom is -0.354 e. The molecule has 1 fully saturated rings. The number of nitrogens with one attached hydrogen (secondary N) is 2. The van der Waals surface area contributed by atoms with Gasteiger partial charge in [0.15, 0.2) is 0 Å². The van der Waals surface area contributed by atoms with Crippen LogP contribution in [0.25, 0.3) is 22.2 Å². The molecule has 0 spiro atoms. The fourth-order valence-electron chi connectivity index (χ4n) is 4.31. The summed E-state index contributed by atoms with van der Waals surface area (Å²) in [5, 5.41) is 0.965. The fraction of sp³-hybridized carbons (Fsp3) is 0.286. The van der Waals surface area contributed by atoms with E-state index in [0.717, 1.165) is 33.6 Å². The molecule has 126 valence electrons. The van der Waals surface area contributed by atoms with Crippen LogP contribution in [-0.2, 0) is 11.4 Å². The topological polar surface area (TPSA) is 54.1 Å². The van der Waals surface area contributed by atoms with Crippen molar-refractivity contribution >= 4 is 16.8 Å². The van der Waals surface area contributed by atoms with Crippen molar-refractivity contribution in [1.82, 2.24) is 10.5 Å². The first-order valence-electron chi connectivity index (χ1n) is 8.97. The second kappa shape index (κ2) is 5.74. The van der Waals surface area contributed by atoms with Crippen LogP contribution in [0.1, 0.15) is 53.1 Å². The first-order valence-corrected chi connectivity index (χ1v) is 8.97. The third kappa shape index (κ3) is 2.36. The van der Waals surface area contributed by atoms with Crippen molar-refractivity contribution in [1.29, 1.82) is 0 Å². The number of amides is 1. The summed E-state index contributed by atoms with van der Waals surface area (Å²) in [6, 6.07) is 14.6. The molecule has 2 N–H and O–H groups in total. The number of aromatic nitrogens is 1. The Hall–Kier alpha value is -2.59. The Bertz CT molecular complexity index is 950. The van der Waals surface area contributed by atoms with Gasteiger partial charge in [-0.3, -0.25) is 9.63 Å². The van der Waals surface area contributed by atoms with Gasteiger partial charge >= 0.3 is 0 Å². The molecule has 0 saturated heterocycles. The van der Waals surface area contributed by atoms with E-state index in [9.17, 15) is 4.79 Å². The van der Waals surface area contributed by atoms with Gasteiger partial charge in [0.2, 0.25) is 0 Å². The Labute approximate surface area is 146 Å². The van der Waals surface area contributed by atoms with E-state index in [1.807, 2.05) is 18.2 Å². The summed E-state index contributed by atoms with van der Waals surface area (Å²) in [5.74, 6) is 0.529. The third-order valence-electron chi connectivity index (χ3n) is 5.58. The predicted molar refractivity (Wildman–Crippen MR) is 97.2 cm³/mol. The number of aromatic amines is 1. The highest BCUT2D eigenvalue weighted by Gasteiger charge is 2.23. The van der Waals surface area contributed by atoms with Gasteiger partial charge in [-0.25, -0.2) is 5.48 Å². The van der Waals surface area contributed by atoms with Crippen molar-refractivity contribution in [3.05, 3.63) is 59.2 Å². The molecule has 1 aliphatic carbocycles. The number of hydrogen-bond acceptors (Lipinski definition) is 2. The van der Waals surface area contributed by atoms with Crippen molar-refractivity contribution in [2.45, 2.75) is 38.2 Å². The molecule has 25 heavy (non-hydrogen) atoms. The molecule has 4 nitrogen and oxygen atoms in total. The standard InChI is InChI=1S/C21H20N2O2/c24-21-16-6-3-7-18-19(16)17(12-25-23-21)20(22-18)15-10-8-14(9-11-15)13-4-1-2-5-13/h3,6-11,13,22H,1-2,4-5,12H2,(H,23,24). The van der Waals surface area contributed by atoms with Crippen LogP contribution in [0.3, 0.4) is 0 Å². The van der Waals surface area contributed by atoms with E-state index in [4.69, 9.17) is 4.84 Å². The van der Waals surface area contributed by atoms with E-state index < -0.39 is 0 Å². The Morgan fingerprint density at radius 3 is 2.60 bits per heavy atom. The van der Waals surface area contributed by atoms with Crippen LogP contribution < -0.4 is 5.48 Å². The molecule has 1 aliphatic heterocycles. The van der Waals surface area contributed by atoms with E-state index in [-0.39, 0.29) is 5.91 Å². The molecule has 1 amide bonds. The number of carbonyl (C=O) groups is 1. The monoisotopic (exact) mass is 332 g/mol. The Morgan fingerprint density at radius 1 is 1.00 bits per heavy atom. The molecule has 1 saturated carbocycles. The molecule has 4 heteroatoms. The minimum atomic E-state index is -0.188. The third-order valence-corrected chi connectivity index (χ3v) is 5.58. The SMILES string of the molecule is O=C1NOCc2c(-c3ccc(C4CCCC4)cc3)[nH]c3cccc1c23. The van der Waals surface area contributed by atoms with Gasteiger partial charge in [0.25, 0.3) is 5.91 Å². The highest BCUT2D eigenvalue weighted by Crippen LogP contribution is 2.37. The van der Waals surface area contributed by atoms with E-state index in [2.05, 4.69) is 34.7 Å². The maximum atomic E-state index is 12.2. The predicted octanol–water partition coefficient (Wildman–Crippen LogP) is 4.67. The quantitative estimate of drug-likeness (QED) is 0.716. The van der Waals surface area contributed by atoms with Crippen molar-refractivity contribution in [2.24, 2.45) is 0 Å². The van der Waals surface area contributed by atoms with Crippen LogP contribution in [0.2, 0.25) is 0 Å². The van der Waals surface area contributed by atoms with Crippen LogP contribution in [0.5, 0.6) is 0 Å². The summed E-state index contributed by atoms with van der Waals surface area (Å²) in [6.07, 6.45) is 5.31. The molecule has 0 radical (unpaired) electrons. The van der Waals surface area contributed by atoms with E-state index >= 15 is 0 Å². The number of hydrogen-bond donors (Lipinski definition) is 2. The normalized spacial score (nSPS) is 17.7. The van der Waals surface area contributed by atoms with Gasteiger partial charge in [-0.1, -0.05) is 43.2 Å². The zero-order valence-corrected chi connectivity index (χ0v) is 14.0. The fourth-order valence-corrected chi connectivity index (χ4v) is 4.31. The minimum absolute atomic E-state index is 0.188. The number of carbonyl (C=O) groups excluding carboxylic acids is 1. The van der Waals surface area contributed by atoms with E-state index in [1.54, 1.807) is 0 Å². The van der Waals surface area contributed by atoms with Gasteiger partial charge in [0, 0.05) is 16.5 Å². The zero-order valence-electron chi connectivity index (χ0n) is 14.0. The average Bonchev–Trinajstić information content (AvgIpc) is 3.26. The summed E-state index contributed by atoms with van der Waals surface area (Å²) < 4.78 is 0. The number of benzene rings is 2. The van der Waals surface area contributed by atoms with E-state index in [0.29, 0.717) is 12.2 Å². The summed E-state index contributed by atoms with van der Waals surface area (Å²) in [6.45, 7) is 0.364. The van der Waals surface area contributed by atoms with Crippen LogP contribution in [0.15, 0.2) is 42.5 Å². The van der Waals surface area contributed by atoms with Crippen molar-refractivity contribution in [3.63, 3.8) is 0 Å². The largest absolute Gasteiger partial charge is 0.354 e. The van der Waals surface area contributed by atoms with Gasteiger partial charge < -0.3 is 4.98 Å². The zero-order chi connectivity index (χ0) is 16.8. The van der Waals surface area contributed by atoms with E-state index in [1.165, 1.54) is 31.2 Å². The van der Waals surface area contributed by atoms with Crippen LogP contribution in [-0.4, -0.2) is 10.9 Å². The van der Waals surface area contributed by atoms with Gasteiger partial charge in [-0.15, -0.1) is 0 Å². The molecule has 5 rings (SSSR count). The second-order valence-corrected chi connectivity index (χ2v) is 7.03. The van der Waals surface area contributed by atoms with Crippen molar-refractivity contribution in [2.75, 3.05) is 0 Å². The summed E-state index contributed by atoms with van der Waals surface area (Å²) in [5.41, 5.74) is 8.80. The molecular formula is C21H20N2O2. The van der Waals surface area contributed by atoms with Crippen molar-refractivity contribution < 1.29 is 9.63 Å². The van der Waals surface area contributed by atoms with Gasteiger partial charge in [0.05, 0.1) is 11.3 Å². The van der Waals surface area contributed by atoms with Gasteiger partial charge in [0.1, 0.15) is 6.61 Å². The maximum absolute atomic E-state index is 12.2. The maximum Gasteiger partial charge on any atom is 0.275 e.